The zero-order valence-electron chi connectivity index (χ0n) is 34.5. The summed E-state index contributed by atoms with van der Waals surface area (Å²) in [7, 11) is 6.69. The van der Waals surface area contributed by atoms with E-state index in [1.54, 1.807) is 6.07 Å². The van der Waals surface area contributed by atoms with E-state index < -0.39 is 11.8 Å². The average molecular weight is 824 g/mol. The van der Waals surface area contributed by atoms with E-state index in [4.69, 9.17) is 41.2 Å². The average Bonchev–Trinajstić information content (AvgIpc) is 3.21. The van der Waals surface area contributed by atoms with Gasteiger partial charge in [-0.25, -0.2) is 0 Å². The standard InChI is InChI=1S/C40H61N11O8/c1-51(2)17-14-45-35(52)29-21-30(34(59-19-16-47-40(43)44)23-33(29)58-18-15-46-39(41)42)38(55)50-26-12-10-25(11-13-26)49-37(54)28-20-27(31(56-3)22-32(28)57-4)36(53)48-24-8-6-5-7-9-24/h20-26H,5-19H2,1-4H3,(H,45,52)(H,48,53)(H,49,54)(H,50,55)(H4,41,42,46)(H4,43,44,47)/t25-,26-. The molecule has 2 aliphatic carbocycles. The number of benzene rings is 2. The maximum absolute atomic E-state index is 14.0. The Morgan fingerprint density at radius 3 is 1.37 bits per heavy atom. The Hall–Kier alpha value is -5.98. The van der Waals surface area contributed by atoms with Crippen molar-refractivity contribution < 1.29 is 38.1 Å². The summed E-state index contributed by atoms with van der Waals surface area (Å²) in [6.07, 6.45) is 7.31. The third-order valence-corrected chi connectivity index (χ3v) is 10.1. The van der Waals surface area contributed by atoms with Crippen molar-refractivity contribution in [1.82, 2.24) is 36.8 Å². The lowest BCUT2D eigenvalue weighted by molar-refractivity contribution is 0.0886. The van der Waals surface area contributed by atoms with Gasteiger partial charge in [0.05, 0.1) is 49.6 Å². The van der Waals surface area contributed by atoms with E-state index in [0.29, 0.717) is 44.5 Å². The van der Waals surface area contributed by atoms with Crippen molar-refractivity contribution in [2.75, 3.05) is 67.7 Å². The highest BCUT2D eigenvalue weighted by Gasteiger charge is 2.29. The Morgan fingerprint density at radius 1 is 0.576 bits per heavy atom. The lowest BCUT2D eigenvalue weighted by atomic mass is 9.90. The van der Waals surface area contributed by atoms with Crippen LogP contribution in [0.15, 0.2) is 24.3 Å². The molecule has 2 aromatic carbocycles. The van der Waals surface area contributed by atoms with Crippen molar-refractivity contribution >= 4 is 35.5 Å². The molecule has 0 saturated heterocycles. The smallest absolute Gasteiger partial charge is 0.255 e. The molecule has 2 aliphatic rings. The molecule has 0 aromatic heterocycles. The number of guanidine groups is 2. The maximum Gasteiger partial charge on any atom is 0.255 e. The van der Waals surface area contributed by atoms with E-state index >= 15 is 0 Å². The molecule has 0 radical (unpaired) electrons. The van der Waals surface area contributed by atoms with Gasteiger partial charge in [0.15, 0.2) is 11.9 Å². The molecule has 0 atom stereocenters. The van der Waals surface area contributed by atoms with Gasteiger partial charge in [0.1, 0.15) is 36.2 Å². The van der Waals surface area contributed by atoms with Gasteiger partial charge >= 0.3 is 0 Å². The molecule has 4 rings (SSSR count). The number of amides is 4. The predicted molar refractivity (Wildman–Crippen MR) is 223 cm³/mol. The zero-order valence-corrected chi connectivity index (χ0v) is 34.5. The van der Waals surface area contributed by atoms with Crippen LogP contribution in [-0.2, 0) is 0 Å². The topological polar surface area (TPSA) is 280 Å². The predicted octanol–water partition coefficient (Wildman–Crippen LogP) is 1.25. The van der Waals surface area contributed by atoms with Gasteiger partial charge in [0.2, 0.25) is 0 Å². The number of hydrogen-bond donors (Lipinski definition) is 10. The molecular formula is C40H61N11O8. The van der Waals surface area contributed by atoms with Gasteiger partial charge in [-0.3, -0.25) is 30.0 Å². The lowest BCUT2D eigenvalue weighted by Crippen LogP contribution is -2.44. The van der Waals surface area contributed by atoms with Gasteiger partial charge in [-0.2, -0.15) is 0 Å². The molecule has 12 N–H and O–H groups in total. The number of carbonyl (C=O) groups excluding carboxylic acids is 4. The minimum Gasteiger partial charge on any atom is -0.496 e. The number of rotatable bonds is 20. The number of methoxy groups -OCH3 is 2. The normalized spacial score (nSPS) is 16.6. The van der Waals surface area contributed by atoms with Crippen molar-refractivity contribution in [3.8, 4) is 23.0 Å². The Labute approximate surface area is 345 Å². The first-order valence-corrected chi connectivity index (χ1v) is 20.0. The second-order valence-corrected chi connectivity index (χ2v) is 14.8. The molecule has 59 heavy (non-hydrogen) atoms. The van der Waals surface area contributed by atoms with Gasteiger partial charge in [0.25, 0.3) is 23.6 Å². The highest BCUT2D eigenvalue weighted by Crippen LogP contribution is 2.32. The quantitative estimate of drug-likeness (QED) is 0.0512. The Morgan fingerprint density at radius 2 is 0.966 bits per heavy atom. The summed E-state index contributed by atoms with van der Waals surface area (Å²) < 4.78 is 22.9. The Kier molecular flexibility index (Phi) is 17.7. The van der Waals surface area contributed by atoms with E-state index in [1.807, 2.05) is 19.0 Å². The molecule has 0 bridgehead atoms. The van der Waals surface area contributed by atoms with Crippen LogP contribution in [0.25, 0.3) is 0 Å². The Balaban J connectivity index is 1.47. The molecule has 2 aromatic rings. The molecule has 0 unspecified atom stereocenters. The van der Waals surface area contributed by atoms with E-state index in [-0.39, 0.29) is 108 Å². The first-order chi connectivity index (χ1) is 28.3. The lowest BCUT2D eigenvalue weighted by Gasteiger charge is -2.30. The number of nitrogens with zero attached hydrogens (tertiary/aromatic N) is 1. The molecule has 0 spiro atoms. The first-order valence-electron chi connectivity index (χ1n) is 20.0. The summed E-state index contributed by atoms with van der Waals surface area (Å²) in [5.74, 6) is -1.20. The van der Waals surface area contributed by atoms with Gasteiger partial charge < -0.3 is 67.2 Å². The number of nitrogens with two attached hydrogens (primary N) is 2. The molecular weight excluding hydrogens is 763 g/mol. The molecule has 0 heterocycles. The third kappa shape index (κ3) is 14.1. The Bertz CT molecular complexity index is 1790. The SMILES string of the molecule is COc1cc(OC)c(C(=O)N[C@H]2CC[C@H](NC(=O)c3cc(C(=O)NCCN(C)C)c(OCCNC(=N)N)cc3OCCNC(=N)N)CC2)cc1C(=O)NC1CCCCC1. The molecule has 0 aliphatic heterocycles. The van der Waals surface area contributed by atoms with Gasteiger partial charge in [-0.15, -0.1) is 0 Å². The summed E-state index contributed by atoms with van der Waals surface area (Å²) in [6.45, 7) is 1.38. The third-order valence-electron chi connectivity index (χ3n) is 10.1. The molecule has 19 heteroatoms. The minimum absolute atomic E-state index is 0.0377. The van der Waals surface area contributed by atoms with Crippen molar-refractivity contribution in [1.29, 1.82) is 10.8 Å². The number of nitrogens with one attached hydrogen (secondary N) is 8. The van der Waals surface area contributed by atoms with Crippen molar-refractivity contribution in [2.45, 2.75) is 75.9 Å². The molecule has 2 fully saturated rings. The zero-order chi connectivity index (χ0) is 42.9. The van der Waals surface area contributed by atoms with Crippen LogP contribution >= 0.6 is 0 Å². The highest BCUT2D eigenvalue weighted by molar-refractivity contribution is 6.04. The van der Waals surface area contributed by atoms with Crippen LogP contribution in [0, 0.1) is 10.8 Å². The number of ether oxygens (including phenoxy) is 4. The van der Waals surface area contributed by atoms with Gasteiger partial charge in [0, 0.05) is 43.3 Å². The molecule has 2 saturated carbocycles. The van der Waals surface area contributed by atoms with Crippen LogP contribution in [0.5, 0.6) is 23.0 Å². The fraction of sp³-hybridized carbons (Fsp3) is 0.550. The van der Waals surface area contributed by atoms with Crippen LogP contribution in [-0.4, -0.2) is 126 Å². The van der Waals surface area contributed by atoms with E-state index in [0.717, 1.165) is 32.1 Å². The van der Waals surface area contributed by atoms with Gasteiger partial charge in [-0.05, 0) is 64.8 Å². The molecule has 4 amide bonds. The number of likely N-dealkylation sites (N-methyl/N-ethyl adjacent to an activating group) is 1. The second kappa shape index (κ2) is 22.8. The van der Waals surface area contributed by atoms with Crippen LogP contribution < -0.4 is 62.3 Å². The van der Waals surface area contributed by atoms with E-state index in [9.17, 15) is 19.2 Å². The van der Waals surface area contributed by atoms with Crippen LogP contribution in [0.1, 0.15) is 99.2 Å². The van der Waals surface area contributed by atoms with Crippen molar-refractivity contribution in [2.24, 2.45) is 11.5 Å². The number of hydrogen-bond acceptors (Lipinski definition) is 11. The van der Waals surface area contributed by atoms with Crippen LogP contribution in [0.2, 0.25) is 0 Å². The van der Waals surface area contributed by atoms with Gasteiger partial charge in [-0.1, -0.05) is 19.3 Å². The monoisotopic (exact) mass is 823 g/mol. The van der Waals surface area contributed by atoms with E-state index in [1.165, 1.54) is 32.4 Å². The minimum atomic E-state index is -0.471. The number of carbonyl (C=O) groups is 4. The van der Waals surface area contributed by atoms with Crippen molar-refractivity contribution in [3.63, 3.8) is 0 Å². The first kappa shape index (κ1) is 45.7. The van der Waals surface area contributed by atoms with Crippen LogP contribution in [0.3, 0.4) is 0 Å². The summed E-state index contributed by atoms with van der Waals surface area (Å²) in [5.41, 5.74) is 11.5. The van der Waals surface area contributed by atoms with Crippen LogP contribution in [0.4, 0.5) is 0 Å². The molecule has 19 nitrogen and oxygen atoms in total. The summed E-state index contributed by atoms with van der Waals surface area (Å²) in [4.78, 5) is 56.4. The fourth-order valence-corrected chi connectivity index (χ4v) is 7.01. The maximum atomic E-state index is 14.0. The largest absolute Gasteiger partial charge is 0.496 e. The molecule has 324 valence electrons. The van der Waals surface area contributed by atoms with E-state index in [2.05, 4.69) is 31.9 Å². The fourth-order valence-electron chi connectivity index (χ4n) is 7.01. The second-order valence-electron chi connectivity index (χ2n) is 14.8. The summed E-state index contributed by atoms with van der Waals surface area (Å²) in [6, 6.07) is 5.59. The van der Waals surface area contributed by atoms with Crippen molar-refractivity contribution in [3.05, 3.63) is 46.5 Å². The summed E-state index contributed by atoms with van der Waals surface area (Å²) in [5, 5.41) is 32.3. The highest BCUT2D eigenvalue weighted by atomic mass is 16.5. The summed E-state index contributed by atoms with van der Waals surface area (Å²) >= 11 is 0.